The molecule has 2 unspecified atom stereocenters. The van der Waals surface area contributed by atoms with Crippen LogP contribution >= 0.6 is 9.24 Å². The van der Waals surface area contributed by atoms with E-state index in [1.807, 2.05) is 13.0 Å². The van der Waals surface area contributed by atoms with E-state index in [1.165, 1.54) is 6.92 Å². The molecule has 1 aliphatic carbocycles. The molecule has 0 radical (unpaired) electrons. The number of hydrogen-bond acceptors (Lipinski definition) is 2. The van der Waals surface area contributed by atoms with Gasteiger partial charge in [0.2, 0.25) is 0 Å². The smallest absolute Gasteiger partial charge is 0.157 e. The molecule has 0 aromatic carbocycles. The predicted molar refractivity (Wildman–Crippen MR) is 60.2 cm³/mol. The van der Waals surface area contributed by atoms with Gasteiger partial charge in [-0.3, -0.25) is 9.59 Å². The summed E-state index contributed by atoms with van der Waals surface area (Å²) in [5.41, 5.74) is 1.27. The highest BCUT2D eigenvalue weighted by molar-refractivity contribution is 7.20. The molecule has 1 rings (SSSR count). The Morgan fingerprint density at radius 3 is 2.64 bits per heavy atom. The number of aldehydes is 1. The zero-order valence-electron chi connectivity index (χ0n) is 8.28. The second-order valence-electron chi connectivity index (χ2n) is 3.54. The normalized spacial score (nSPS) is 26.2. The van der Waals surface area contributed by atoms with Gasteiger partial charge in [-0.05, 0) is 13.8 Å². The summed E-state index contributed by atoms with van der Waals surface area (Å²) in [7, 11) is 2.62. The Balaban J connectivity index is 3.20. The highest BCUT2D eigenvalue weighted by atomic mass is 31.0. The number of carbonyl (C=O) groups is 2. The SMILES string of the molecule is CC(=O)C1=CC=C(C=O)C=CC1(C)P. The summed E-state index contributed by atoms with van der Waals surface area (Å²) in [6, 6.07) is 0. The molecule has 0 aromatic heterocycles. The molecule has 0 bridgehead atoms. The van der Waals surface area contributed by atoms with E-state index < -0.39 is 0 Å². The maximum atomic E-state index is 11.3. The quantitative estimate of drug-likeness (QED) is 0.512. The van der Waals surface area contributed by atoms with E-state index in [0.717, 1.165) is 6.29 Å². The van der Waals surface area contributed by atoms with Crippen molar-refractivity contribution < 1.29 is 9.59 Å². The minimum Gasteiger partial charge on any atom is -0.298 e. The van der Waals surface area contributed by atoms with Crippen LogP contribution in [-0.4, -0.2) is 17.2 Å². The molecule has 14 heavy (non-hydrogen) atoms. The maximum absolute atomic E-state index is 11.3. The van der Waals surface area contributed by atoms with Crippen LogP contribution in [-0.2, 0) is 9.59 Å². The van der Waals surface area contributed by atoms with E-state index in [-0.39, 0.29) is 10.9 Å². The first-order valence-electron chi connectivity index (χ1n) is 4.34. The van der Waals surface area contributed by atoms with Gasteiger partial charge in [0.25, 0.3) is 0 Å². The molecule has 2 atom stereocenters. The van der Waals surface area contributed by atoms with Crippen LogP contribution < -0.4 is 0 Å². The summed E-state index contributed by atoms with van der Waals surface area (Å²) in [4.78, 5) is 21.9. The maximum Gasteiger partial charge on any atom is 0.157 e. The molecule has 1 aliphatic rings. The highest BCUT2D eigenvalue weighted by Gasteiger charge is 2.24. The van der Waals surface area contributed by atoms with Crippen LogP contribution in [0.5, 0.6) is 0 Å². The molecule has 0 saturated heterocycles. The van der Waals surface area contributed by atoms with Gasteiger partial charge in [0.15, 0.2) is 5.78 Å². The van der Waals surface area contributed by atoms with Gasteiger partial charge in [0, 0.05) is 16.3 Å². The molecular weight excluding hydrogens is 195 g/mol. The summed E-state index contributed by atoms with van der Waals surface area (Å²) < 4.78 is 0. The van der Waals surface area contributed by atoms with Gasteiger partial charge in [-0.25, -0.2) is 0 Å². The van der Waals surface area contributed by atoms with Crippen molar-refractivity contribution in [3.05, 3.63) is 35.5 Å². The lowest BCUT2D eigenvalue weighted by molar-refractivity contribution is -0.113. The fraction of sp³-hybridized carbons (Fsp3) is 0.273. The Kier molecular flexibility index (Phi) is 3.17. The van der Waals surface area contributed by atoms with Crippen LogP contribution in [0.3, 0.4) is 0 Å². The molecule has 3 heteroatoms. The fourth-order valence-corrected chi connectivity index (χ4v) is 1.74. The van der Waals surface area contributed by atoms with Gasteiger partial charge in [0.1, 0.15) is 6.29 Å². The number of hydrogen-bond donors (Lipinski definition) is 0. The Hall–Kier alpha value is -1.01. The van der Waals surface area contributed by atoms with Crippen molar-refractivity contribution in [2.75, 3.05) is 0 Å². The van der Waals surface area contributed by atoms with Crippen molar-refractivity contribution in [3.8, 4) is 0 Å². The standard InChI is InChI=1S/C11H13O2P/c1-8(13)10-4-3-9(7-12)5-6-11(10,2)14/h3-7H,14H2,1-2H3. The monoisotopic (exact) mass is 208 g/mol. The summed E-state index contributed by atoms with van der Waals surface area (Å²) >= 11 is 0. The molecule has 0 heterocycles. The summed E-state index contributed by atoms with van der Waals surface area (Å²) in [6.45, 7) is 3.45. The lowest BCUT2D eigenvalue weighted by Crippen LogP contribution is -2.20. The number of carbonyl (C=O) groups excluding carboxylic acids is 2. The zero-order chi connectivity index (χ0) is 10.8. The average molecular weight is 208 g/mol. The van der Waals surface area contributed by atoms with Gasteiger partial charge in [-0.15, -0.1) is 9.24 Å². The molecule has 0 N–H and O–H groups in total. The molecule has 0 amide bonds. The summed E-state index contributed by atoms with van der Waals surface area (Å²) in [6.07, 6.45) is 7.72. The first-order valence-corrected chi connectivity index (χ1v) is 4.92. The number of Topliss-reactive ketones (excluding diaryl/α,β-unsaturated/α-hetero) is 1. The molecule has 0 aliphatic heterocycles. The molecule has 0 aromatic rings. The van der Waals surface area contributed by atoms with Crippen LogP contribution in [0.2, 0.25) is 0 Å². The highest BCUT2D eigenvalue weighted by Crippen LogP contribution is 2.31. The fourth-order valence-electron chi connectivity index (χ4n) is 1.35. The largest absolute Gasteiger partial charge is 0.298 e. The number of ketones is 1. The van der Waals surface area contributed by atoms with Crippen molar-refractivity contribution in [2.45, 2.75) is 19.0 Å². The third-order valence-electron chi connectivity index (χ3n) is 2.16. The summed E-state index contributed by atoms with van der Waals surface area (Å²) in [5.74, 6) is 0.0237. The first-order chi connectivity index (χ1) is 6.47. The lowest BCUT2D eigenvalue weighted by atomic mass is 9.97. The van der Waals surface area contributed by atoms with Crippen molar-refractivity contribution >= 4 is 21.3 Å². The molecule has 0 fully saturated rings. The van der Waals surface area contributed by atoms with Crippen LogP contribution in [0.15, 0.2) is 35.5 Å². The molecule has 2 nitrogen and oxygen atoms in total. The number of rotatable bonds is 2. The lowest BCUT2D eigenvalue weighted by Gasteiger charge is -2.21. The summed E-state index contributed by atoms with van der Waals surface area (Å²) in [5, 5.41) is -0.382. The first kappa shape index (κ1) is 11.1. The second kappa shape index (κ2) is 4.02. The zero-order valence-corrected chi connectivity index (χ0v) is 9.44. The third kappa shape index (κ3) is 2.27. The Morgan fingerprint density at radius 1 is 1.50 bits per heavy atom. The topological polar surface area (TPSA) is 34.1 Å². The Morgan fingerprint density at radius 2 is 2.14 bits per heavy atom. The molecule has 0 saturated carbocycles. The minimum absolute atomic E-state index is 0.0237. The van der Waals surface area contributed by atoms with Crippen LogP contribution in [0.4, 0.5) is 0 Å². The number of allylic oxidation sites excluding steroid dienone is 6. The third-order valence-corrected chi connectivity index (χ3v) is 2.66. The van der Waals surface area contributed by atoms with Gasteiger partial charge in [-0.2, -0.15) is 0 Å². The average Bonchev–Trinajstić information content (AvgIpc) is 2.23. The predicted octanol–water partition coefficient (Wildman–Crippen LogP) is 1.83. The van der Waals surface area contributed by atoms with E-state index in [0.29, 0.717) is 11.1 Å². The van der Waals surface area contributed by atoms with Gasteiger partial charge in [-0.1, -0.05) is 24.3 Å². The van der Waals surface area contributed by atoms with Crippen molar-refractivity contribution in [2.24, 2.45) is 0 Å². The van der Waals surface area contributed by atoms with E-state index in [4.69, 9.17) is 0 Å². The van der Waals surface area contributed by atoms with E-state index >= 15 is 0 Å². The van der Waals surface area contributed by atoms with Crippen LogP contribution in [0.1, 0.15) is 13.8 Å². The van der Waals surface area contributed by atoms with Gasteiger partial charge in [0.05, 0.1) is 0 Å². The van der Waals surface area contributed by atoms with Crippen molar-refractivity contribution in [3.63, 3.8) is 0 Å². The van der Waals surface area contributed by atoms with Gasteiger partial charge < -0.3 is 0 Å². The van der Waals surface area contributed by atoms with Crippen molar-refractivity contribution in [1.82, 2.24) is 0 Å². The second-order valence-corrected chi connectivity index (χ2v) is 4.74. The van der Waals surface area contributed by atoms with E-state index in [9.17, 15) is 9.59 Å². The Bertz CT molecular complexity index is 359. The van der Waals surface area contributed by atoms with Crippen LogP contribution in [0, 0.1) is 0 Å². The molecule has 74 valence electrons. The van der Waals surface area contributed by atoms with E-state index in [1.54, 1.807) is 18.2 Å². The van der Waals surface area contributed by atoms with Crippen LogP contribution in [0.25, 0.3) is 0 Å². The van der Waals surface area contributed by atoms with E-state index in [2.05, 4.69) is 9.24 Å². The van der Waals surface area contributed by atoms with Crippen molar-refractivity contribution in [1.29, 1.82) is 0 Å². The molecule has 0 spiro atoms. The van der Waals surface area contributed by atoms with Gasteiger partial charge >= 0.3 is 0 Å². The molecular formula is C11H13O2P. The Labute approximate surface area is 86.0 Å². The minimum atomic E-state index is -0.382.